The summed E-state index contributed by atoms with van der Waals surface area (Å²) in [7, 11) is -3.43. The molecule has 0 saturated heterocycles. The minimum absolute atomic E-state index is 0.152. The van der Waals surface area contributed by atoms with Crippen molar-refractivity contribution in [3.05, 3.63) is 18.2 Å². The second kappa shape index (κ2) is 3.45. The van der Waals surface area contributed by atoms with Crippen molar-refractivity contribution < 1.29 is 8.42 Å². The first-order chi connectivity index (χ1) is 6.65. The van der Waals surface area contributed by atoms with Crippen LogP contribution in [0, 0.1) is 0 Å². The van der Waals surface area contributed by atoms with Crippen molar-refractivity contribution in [2.45, 2.75) is 4.90 Å². The number of benzene rings is 1. The Morgan fingerprint density at radius 1 is 1.36 bits per heavy atom. The van der Waals surface area contributed by atoms with Crippen LogP contribution in [-0.4, -0.2) is 22.4 Å². The molecule has 14 heavy (non-hydrogen) atoms. The molecule has 2 rings (SSSR count). The molecular weight excluding hydrogens is 244 g/mol. The molecule has 4 nitrogen and oxygen atoms in total. The molecule has 0 atom stereocenters. The fourth-order valence-electron chi connectivity index (χ4n) is 1.09. The monoisotopic (exact) mass is 248 g/mol. The van der Waals surface area contributed by atoms with Gasteiger partial charge in [-0.1, -0.05) is 6.07 Å². The lowest BCUT2D eigenvalue weighted by atomic mass is 10.3. The minimum atomic E-state index is -3.43. The summed E-state index contributed by atoms with van der Waals surface area (Å²) in [5.41, 5.74) is 0.986. The average Bonchev–Trinajstić information content (AvgIpc) is 2.64. The average molecular weight is 249 g/mol. The van der Waals surface area contributed by atoms with E-state index in [1.54, 1.807) is 12.1 Å². The zero-order chi connectivity index (χ0) is 10.2. The number of nitrogens with zero attached hydrogens (tertiary/aromatic N) is 2. The summed E-state index contributed by atoms with van der Waals surface area (Å²) in [5.74, 6) is 0. The van der Waals surface area contributed by atoms with Crippen molar-refractivity contribution in [3.63, 3.8) is 0 Å². The van der Waals surface area contributed by atoms with E-state index in [4.69, 9.17) is 11.6 Å². The first-order valence-corrected chi connectivity index (χ1v) is 6.57. The number of sulfone groups is 1. The molecule has 1 heterocycles. The molecule has 0 amide bonds. The smallest absolute Gasteiger partial charge is 0.194 e. The Morgan fingerprint density at radius 2 is 2.14 bits per heavy atom. The number of rotatable bonds is 2. The van der Waals surface area contributed by atoms with Crippen molar-refractivity contribution in [3.8, 4) is 0 Å². The third-order valence-corrected chi connectivity index (χ3v) is 4.42. The number of halogens is 1. The summed E-state index contributed by atoms with van der Waals surface area (Å²) < 4.78 is 30.9. The molecule has 0 aliphatic rings. The molecule has 0 bridgehead atoms. The van der Waals surface area contributed by atoms with Gasteiger partial charge < -0.3 is 0 Å². The number of hydrogen-bond donors (Lipinski definition) is 0. The molecule has 0 saturated carbocycles. The molecule has 0 aliphatic heterocycles. The van der Waals surface area contributed by atoms with Crippen LogP contribution in [0.5, 0.6) is 0 Å². The zero-order valence-corrected chi connectivity index (χ0v) is 9.23. The number of aromatic nitrogens is 2. The number of fused-ring (bicyclic) bond motifs is 1. The summed E-state index contributed by atoms with van der Waals surface area (Å²) >= 11 is 6.35. The number of alkyl halides is 1. The first-order valence-electron chi connectivity index (χ1n) is 3.65. The quantitative estimate of drug-likeness (QED) is 0.759. The maximum atomic E-state index is 11.5. The molecule has 1 aromatic heterocycles. The Hall–Kier alpha value is -0.720. The van der Waals surface area contributed by atoms with E-state index < -0.39 is 15.0 Å². The van der Waals surface area contributed by atoms with Crippen LogP contribution in [0.4, 0.5) is 0 Å². The number of hydrogen-bond acceptors (Lipinski definition) is 5. The SMILES string of the molecule is O=S(=O)(CCl)c1cccc2nsnc12. The van der Waals surface area contributed by atoms with Gasteiger partial charge in [-0.05, 0) is 12.1 Å². The molecule has 2 aromatic rings. The maximum absolute atomic E-state index is 11.5. The zero-order valence-electron chi connectivity index (χ0n) is 6.84. The van der Waals surface area contributed by atoms with Gasteiger partial charge >= 0.3 is 0 Å². The van der Waals surface area contributed by atoms with Crippen LogP contribution in [0.2, 0.25) is 0 Å². The third-order valence-electron chi connectivity index (χ3n) is 1.73. The minimum Gasteiger partial charge on any atom is -0.222 e. The van der Waals surface area contributed by atoms with Gasteiger partial charge in [0, 0.05) is 0 Å². The van der Waals surface area contributed by atoms with E-state index in [2.05, 4.69) is 8.75 Å². The van der Waals surface area contributed by atoms with Crippen LogP contribution in [0.15, 0.2) is 23.1 Å². The fraction of sp³-hybridized carbons (Fsp3) is 0.143. The maximum Gasteiger partial charge on any atom is 0.194 e. The summed E-state index contributed by atoms with van der Waals surface area (Å²) in [4.78, 5) is 0.152. The van der Waals surface area contributed by atoms with Gasteiger partial charge in [0.15, 0.2) is 9.84 Å². The Kier molecular flexibility index (Phi) is 2.42. The summed E-state index contributed by atoms with van der Waals surface area (Å²) in [6, 6.07) is 4.83. The van der Waals surface area contributed by atoms with Gasteiger partial charge in [-0.3, -0.25) is 0 Å². The van der Waals surface area contributed by atoms with Gasteiger partial charge in [0.25, 0.3) is 0 Å². The van der Waals surface area contributed by atoms with Crippen LogP contribution >= 0.6 is 23.3 Å². The highest BCUT2D eigenvalue weighted by Crippen LogP contribution is 2.22. The second-order valence-electron chi connectivity index (χ2n) is 2.61. The van der Waals surface area contributed by atoms with E-state index in [-0.39, 0.29) is 4.90 Å². The Morgan fingerprint density at radius 3 is 2.86 bits per heavy atom. The summed E-state index contributed by atoms with van der Waals surface area (Å²) in [5, 5.41) is -0.441. The van der Waals surface area contributed by atoms with E-state index in [1.807, 2.05) is 0 Å². The van der Waals surface area contributed by atoms with Crippen molar-refractivity contribution in [1.29, 1.82) is 0 Å². The van der Waals surface area contributed by atoms with Crippen LogP contribution < -0.4 is 0 Å². The topological polar surface area (TPSA) is 59.9 Å². The van der Waals surface area contributed by atoms with Gasteiger partial charge in [0.1, 0.15) is 16.2 Å². The van der Waals surface area contributed by atoms with Crippen LogP contribution in [0.3, 0.4) is 0 Å². The molecule has 0 fully saturated rings. The van der Waals surface area contributed by atoms with E-state index in [0.29, 0.717) is 11.0 Å². The van der Waals surface area contributed by atoms with Crippen molar-refractivity contribution in [2.75, 3.05) is 5.21 Å². The van der Waals surface area contributed by atoms with Gasteiger partial charge in [-0.25, -0.2) is 8.42 Å². The Labute approximate surface area is 89.8 Å². The van der Waals surface area contributed by atoms with E-state index in [1.165, 1.54) is 6.07 Å². The van der Waals surface area contributed by atoms with Crippen molar-refractivity contribution in [1.82, 2.24) is 8.75 Å². The molecule has 0 unspecified atom stereocenters. The molecule has 7 heteroatoms. The molecule has 0 radical (unpaired) electrons. The molecule has 0 N–H and O–H groups in total. The lowest BCUT2D eigenvalue weighted by Crippen LogP contribution is -2.02. The van der Waals surface area contributed by atoms with Crippen molar-refractivity contribution >= 4 is 44.2 Å². The third kappa shape index (κ3) is 1.49. The molecular formula is C7H5ClN2O2S2. The summed E-state index contributed by atoms with van der Waals surface area (Å²) in [6.45, 7) is 0. The highest BCUT2D eigenvalue weighted by Gasteiger charge is 2.17. The molecule has 74 valence electrons. The first kappa shape index (κ1) is 9.82. The van der Waals surface area contributed by atoms with Crippen LogP contribution in [0.25, 0.3) is 11.0 Å². The summed E-state index contributed by atoms with van der Waals surface area (Å²) in [6.07, 6.45) is 0. The Balaban J connectivity index is 2.81. The predicted molar refractivity (Wildman–Crippen MR) is 55.3 cm³/mol. The molecule has 0 aliphatic carbocycles. The molecule has 1 aromatic carbocycles. The highest BCUT2D eigenvalue weighted by atomic mass is 35.5. The van der Waals surface area contributed by atoms with E-state index >= 15 is 0 Å². The van der Waals surface area contributed by atoms with Crippen molar-refractivity contribution in [2.24, 2.45) is 0 Å². The lowest BCUT2D eigenvalue weighted by Gasteiger charge is -1.99. The largest absolute Gasteiger partial charge is 0.222 e. The van der Waals surface area contributed by atoms with Crippen LogP contribution in [-0.2, 0) is 9.84 Å². The van der Waals surface area contributed by atoms with Crippen LogP contribution in [0.1, 0.15) is 0 Å². The normalized spacial score (nSPS) is 12.1. The van der Waals surface area contributed by atoms with Gasteiger partial charge in [0.05, 0.1) is 16.6 Å². The Bertz CT molecular complexity index is 564. The van der Waals surface area contributed by atoms with E-state index in [9.17, 15) is 8.42 Å². The van der Waals surface area contributed by atoms with Gasteiger partial charge in [-0.15, -0.1) is 11.6 Å². The second-order valence-corrected chi connectivity index (χ2v) is 5.68. The van der Waals surface area contributed by atoms with Gasteiger partial charge in [0.2, 0.25) is 0 Å². The highest BCUT2D eigenvalue weighted by molar-refractivity contribution is 7.92. The van der Waals surface area contributed by atoms with Gasteiger partial charge in [-0.2, -0.15) is 8.75 Å². The standard InChI is InChI=1S/C7H5ClN2O2S2/c8-4-14(11,12)6-3-1-2-5-7(6)10-13-9-5/h1-3H,4H2. The van der Waals surface area contributed by atoms with E-state index in [0.717, 1.165) is 11.7 Å². The molecule has 0 spiro atoms. The fourth-order valence-corrected chi connectivity index (χ4v) is 2.90. The predicted octanol–water partition coefficient (Wildman–Crippen LogP) is 1.66. The lowest BCUT2D eigenvalue weighted by molar-refractivity contribution is 0.601.